The first-order valence-electron chi connectivity index (χ1n) is 5.54. The number of benzene rings is 1. The van der Waals surface area contributed by atoms with Crippen LogP contribution in [0.25, 0.3) is 21.6 Å². The minimum absolute atomic E-state index is 0.0773. The van der Waals surface area contributed by atoms with E-state index < -0.39 is 0 Å². The molecule has 0 saturated carbocycles. The summed E-state index contributed by atoms with van der Waals surface area (Å²) in [4.78, 5) is 17.9. The minimum atomic E-state index is -0.0773. The van der Waals surface area contributed by atoms with Gasteiger partial charge in [0.2, 0.25) is 0 Å². The number of nitrogens with zero attached hydrogens (tertiary/aromatic N) is 2. The molecular weight excluding hydrogens is 246 g/mol. The molecule has 0 aliphatic carbocycles. The van der Waals surface area contributed by atoms with Gasteiger partial charge in [-0.2, -0.15) is 0 Å². The Morgan fingerprint density at radius 2 is 2.06 bits per heavy atom. The van der Waals surface area contributed by atoms with Crippen molar-refractivity contribution < 1.29 is 0 Å². The van der Waals surface area contributed by atoms with Crippen LogP contribution in [-0.2, 0) is 0 Å². The average molecular weight is 257 g/mol. The molecule has 3 aromatic rings. The van der Waals surface area contributed by atoms with E-state index >= 15 is 0 Å². The normalized spacial score (nSPS) is 10.7. The van der Waals surface area contributed by atoms with Gasteiger partial charge in [0.1, 0.15) is 0 Å². The number of nitrogens with one attached hydrogen (secondary N) is 1. The predicted molar refractivity (Wildman–Crippen MR) is 74.6 cm³/mol. The van der Waals surface area contributed by atoms with Crippen LogP contribution in [0, 0.1) is 0 Å². The van der Waals surface area contributed by atoms with E-state index in [0.717, 1.165) is 10.4 Å². The van der Waals surface area contributed by atoms with E-state index in [1.807, 2.05) is 35.7 Å². The second kappa shape index (κ2) is 4.27. The maximum absolute atomic E-state index is 12.3. The summed E-state index contributed by atoms with van der Waals surface area (Å²) in [5, 5.41) is 2.59. The fourth-order valence-corrected chi connectivity index (χ4v) is 2.61. The van der Waals surface area contributed by atoms with Crippen molar-refractivity contribution in [2.24, 2.45) is 0 Å². The summed E-state index contributed by atoms with van der Waals surface area (Å²) >= 11 is 1.56. The summed E-state index contributed by atoms with van der Waals surface area (Å²) in [6.07, 6.45) is 0. The molecule has 0 amide bonds. The zero-order valence-electron chi connectivity index (χ0n) is 9.75. The first-order valence-corrected chi connectivity index (χ1v) is 6.42. The first-order chi connectivity index (χ1) is 8.81. The lowest BCUT2D eigenvalue weighted by Crippen LogP contribution is -2.29. The highest BCUT2D eigenvalue weighted by atomic mass is 32.1. The van der Waals surface area contributed by atoms with Crippen molar-refractivity contribution >= 4 is 22.2 Å². The van der Waals surface area contributed by atoms with Crippen molar-refractivity contribution in [3.05, 3.63) is 52.1 Å². The summed E-state index contributed by atoms with van der Waals surface area (Å²) in [5.41, 5.74) is 3.54. The molecule has 0 spiro atoms. The Kier molecular flexibility index (Phi) is 2.60. The number of thiophene rings is 1. The molecule has 90 valence electrons. The third-order valence-corrected chi connectivity index (χ3v) is 3.61. The average Bonchev–Trinajstić information content (AvgIpc) is 2.92. The van der Waals surface area contributed by atoms with Crippen LogP contribution in [0.1, 0.15) is 0 Å². The summed E-state index contributed by atoms with van der Waals surface area (Å²) in [5.74, 6) is 0.649. The lowest BCUT2D eigenvalue weighted by atomic mass is 10.2. The molecule has 18 heavy (non-hydrogen) atoms. The van der Waals surface area contributed by atoms with E-state index in [1.54, 1.807) is 24.5 Å². The number of para-hydroxylation sites is 1. The molecule has 0 bridgehead atoms. The van der Waals surface area contributed by atoms with E-state index in [9.17, 15) is 4.79 Å². The molecule has 0 saturated heterocycles. The van der Waals surface area contributed by atoms with Crippen LogP contribution in [0.15, 0.2) is 46.6 Å². The van der Waals surface area contributed by atoms with Crippen molar-refractivity contribution in [3.8, 4) is 10.7 Å². The van der Waals surface area contributed by atoms with Crippen molar-refractivity contribution in [2.75, 3.05) is 12.5 Å². The third-order valence-electron chi connectivity index (χ3n) is 2.74. The van der Waals surface area contributed by atoms with Gasteiger partial charge in [0.15, 0.2) is 5.82 Å². The van der Waals surface area contributed by atoms with Crippen LogP contribution in [0.2, 0.25) is 0 Å². The van der Waals surface area contributed by atoms with Gasteiger partial charge >= 0.3 is 0 Å². The van der Waals surface area contributed by atoms with E-state index in [1.165, 1.54) is 4.68 Å². The monoisotopic (exact) mass is 257 g/mol. The van der Waals surface area contributed by atoms with Gasteiger partial charge in [0.05, 0.1) is 15.8 Å². The van der Waals surface area contributed by atoms with Crippen molar-refractivity contribution in [2.45, 2.75) is 0 Å². The number of hydrogen-bond donors (Lipinski definition) is 1. The second-order valence-corrected chi connectivity index (χ2v) is 4.74. The Morgan fingerprint density at radius 1 is 1.22 bits per heavy atom. The van der Waals surface area contributed by atoms with Crippen LogP contribution >= 0.6 is 11.3 Å². The van der Waals surface area contributed by atoms with E-state index in [4.69, 9.17) is 0 Å². The van der Waals surface area contributed by atoms with Gasteiger partial charge in [-0.15, -0.1) is 11.3 Å². The molecule has 0 radical (unpaired) electrons. The number of rotatable bonds is 2. The summed E-state index contributed by atoms with van der Waals surface area (Å²) in [7, 11) is 1.72. The summed E-state index contributed by atoms with van der Waals surface area (Å²) < 4.78 is 1.48. The molecule has 2 heterocycles. The van der Waals surface area contributed by atoms with Crippen LogP contribution in [0.3, 0.4) is 0 Å². The van der Waals surface area contributed by atoms with Crippen molar-refractivity contribution in [1.29, 1.82) is 0 Å². The van der Waals surface area contributed by atoms with Gasteiger partial charge in [0, 0.05) is 7.05 Å². The van der Waals surface area contributed by atoms with Gasteiger partial charge < -0.3 is 5.43 Å². The van der Waals surface area contributed by atoms with E-state index in [-0.39, 0.29) is 5.56 Å². The molecular formula is C13H11N3OS. The zero-order valence-corrected chi connectivity index (χ0v) is 10.6. The topological polar surface area (TPSA) is 46.9 Å². The quantitative estimate of drug-likeness (QED) is 0.766. The molecule has 0 aliphatic rings. The summed E-state index contributed by atoms with van der Waals surface area (Å²) in [6.45, 7) is 0. The lowest BCUT2D eigenvalue weighted by molar-refractivity contribution is 0.870. The standard InChI is InChI=1S/C13H11N3OS/c1-14-16-12(11-7-4-8-18-11)15-10-6-3-2-5-9(10)13(16)17/h2-8,14H,1H3. The van der Waals surface area contributed by atoms with Crippen molar-refractivity contribution in [3.63, 3.8) is 0 Å². The Morgan fingerprint density at radius 3 is 2.78 bits per heavy atom. The fourth-order valence-electron chi connectivity index (χ4n) is 1.91. The largest absolute Gasteiger partial charge is 0.324 e. The maximum Gasteiger partial charge on any atom is 0.280 e. The smallest absolute Gasteiger partial charge is 0.280 e. The Labute approximate surface area is 108 Å². The Bertz CT molecular complexity index is 747. The van der Waals surface area contributed by atoms with Gasteiger partial charge in [0.25, 0.3) is 5.56 Å². The molecule has 0 atom stereocenters. The number of fused-ring (bicyclic) bond motifs is 1. The molecule has 1 aromatic carbocycles. The Balaban J connectivity index is 2.42. The second-order valence-electron chi connectivity index (χ2n) is 3.79. The summed E-state index contributed by atoms with van der Waals surface area (Å²) in [6, 6.07) is 11.3. The molecule has 2 aromatic heterocycles. The van der Waals surface area contributed by atoms with Gasteiger partial charge in [-0.05, 0) is 23.6 Å². The lowest BCUT2D eigenvalue weighted by Gasteiger charge is -2.11. The highest BCUT2D eigenvalue weighted by Gasteiger charge is 2.11. The molecule has 1 N–H and O–H groups in total. The highest BCUT2D eigenvalue weighted by Crippen LogP contribution is 2.22. The van der Waals surface area contributed by atoms with Crippen LogP contribution in [0.5, 0.6) is 0 Å². The maximum atomic E-state index is 12.3. The van der Waals surface area contributed by atoms with E-state index in [0.29, 0.717) is 11.2 Å². The predicted octanol–water partition coefficient (Wildman–Crippen LogP) is 2.30. The van der Waals surface area contributed by atoms with Gasteiger partial charge in [-0.1, -0.05) is 18.2 Å². The first kappa shape index (κ1) is 11.0. The molecule has 0 unspecified atom stereocenters. The SMILES string of the molecule is CNn1c(-c2cccs2)nc2ccccc2c1=O. The minimum Gasteiger partial charge on any atom is -0.324 e. The van der Waals surface area contributed by atoms with E-state index in [2.05, 4.69) is 10.4 Å². The number of hydrogen-bond acceptors (Lipinski definition) is 4. The molecule has 5 heteroatoms. The van der Waals surface area contributed by atoms with Crippen LogP contribution in [-0.4, -0.2) is 16.7 Å². The molecule has 0 fully saturated rings. The molecule has 0 aliphatic heterocycles. The van der Waals surface area contributed by atoms with Crippen LogP contribution < -0.4 is 11.0 Å². The fraction of sp³-hybridized carbons (Fsp3) is 0.0769. The highest BCUT2D eigenvalue weighted by molar-refractivity contribution is 7.13. The zero-order chi connectivity index (χ0) is 12.5. The molecule has 3 rings (SSSR count). The number of aromatic nitrogens is 2. The Hall–Kier alpha value is -2.14. The third kappa shape index (κ3) is 1.60. The van der Waals surface area contributed by atoms with Crippen molar-refractivity contribution in [1.82, 2.24) is 9.66 Å². The van der Waals surface area contributed by atoms with Crippen LogP contribution in [0.4, 0.5) is 0 Å². The van der Waals surface area contributed by atoms with Gasteiger partial charge in [-0.25, -0.2) is 9.66 Å². The van der Waals surface area contributed by atoms with Gasteiger partial charge in [-0.3, -0.25) is 4.79 Å². The molecule has 4 nitrogen and oxygen atoms in total.